The zero-order valence-electron chi connectivity index (χ0n) is 15.4. The molecule has 7 nitrogen and oxygen atoms in total. The maximum Gasteiger partial charge on any atom is 0.277 e. The molecule has 0 aliphatic rings. The lowest BCUT2D eigenvalue weighted by molar-refractivity contribution is 0.289. The van der Waals surface area contributed by atoms with Gasteiger partial charge in [-0.2, -0.15) is 0 Å². The summed E-state index contributed by atoms with van der Waals surface area (Å²) in [6.45, 7) is 9.55. The van der Waals surface area contributed by atoms with Crippen molar-refractivity contribution in [3.8, 4) is 17.2 Å². The van der Waals surface area contributed by atoms with Crippen molar-refractivity contribution in [2.24, 2.45) is 0 Å². The highest BCUT2D eigenvalue weighted by molar-refractivity contribution is 7.99. The molecule has 0 saturated carbocycles. The molecule has 0 atom stereocenters. The maximum absolute atomic E-state index is 5.77. The number of ether oxygens (including phenoxy) is 1. The summed E-state index contributed by atoms with van der Waals surface area (Å²) in [5.74, 6) is 1.68. The van der Waals surface area contributed by atoms with E-state index in [1.54, 1.807) is 16.4 Å². The Balaban J connectivity index is 1.53. The molecule has 3 rings (SSSR count). The van der Waals surface area contributed by atoms with E-state index in [0.29, 0.717) is 35.4 Å². The average Bonchev–Trinajstić information content (AvgIpc) is 3.25. The molecule has 0 saturated heterocycles. The maximum atomic E-state index is 5.77. The predicted molar refractivity (Wildman–Crippen MR) is 100 cm³/mol. The predicted octanol–water partition coefficient (Wildman–Crippen LogP) is 4.03. The molecule has 0 aliphatic heterocycles. The second kappa shape index (κ2) is 8.35. The molecule has 0 spiro atoms. The van der Waals surface area contributed by atoms with Crippen molar-refractivity contribution in [1.82, 2.24) is 25.2 Å². The van der Waals surface area contributed by atoms with E-state index < -0.39 is 0 Å². The van der Waals surface area contributed by atoms with Crippen LogP contribution in [0.25, 0.3) is 11.5 Å². The summed E-state index contributed by atoms with van der Waals surface area (Å²) in [7, 11) is 0. The molecule has 138 valence electrons. The van der Waals surface area contributed by atoms with Crippen LogP contribution in [0.1, 0.15) is 39.3 Å². The average molecular weight is 373 g/mol. The minimum absolute atomic E-state index is 0.376. The number of rotatable bonds is 8. The number of benzene rings is 1. The Labute approximate surface area is 157 Å². The number of hydrogen-bond donors (Lipinski definition) is 0. The quantitative estimate of drug-likeness (QED) is 0.552. The first-order valence-electron chi connectivity index (χ1n) is 8.64. The molecule has 2 aromatic heterocycles. The third kappa shape index (κ3) is 4.85. The molecule has 0 bridgehead atoms. The molecule has 0 radical (unpaired) electrons. The number of hydrogen-bond acceptors (Lipinski definition) is 7. The topological polar surface area (TPSA) is 78.9 Å². The van der Waals surface area contributed by atoms with Crippen molar-refractivity contribution in [2.75, 3.05) is 6.61 Å². The SMILES string of the molecule is CC(C)Sc1nnc(-c2ccc(OCCn3cc(C(C)C)nn3)cc2)o1. The van der Waals surface area contributed by atoms with Crippen molar-refractivity contribution in [1.29, 1.82) is 0 Å². The van der Waals surface area contributed by atoms with Crippen LogP contribution in [0.15, 0.2) is 40.1 Å². The molecule has 0 fully saturated rings. The highest BCUT2D eigenvalue weighted by Gasteiger charge is 2.10. The van der Waals surface area contributed by atoms with Crippen molar-refractivity contribution in [2.45, 2.75) is 50.6 Å². The molecule has 3 aromatic rings. The number of nitrogens with zero attached hydrogens (tertiary/aromatic N) is 5. The standard InChI is InChI=1S/C18H23N5O2S/c1-12(2)16-11-23(22-19-16)9-10-24-15-7-5-14(6-8-15)17-20-21-18(25-17)26-13(3)4/h5-8,11-13H,9-10H2,1-4H3. The second-order valence-electron chi connectivity index (χ2n) is 6.47. The Hall–Kier alpha value is -2.35. The summed E-state index contributed by atoms with van der Waals surface area (Å²) < 4.78 is 13.2. The van der Waals surface area contributed by atoms with Crippen molar-refractivity contribution < 1.29 is 9.15 Å². The van der Waals surface area contributed by atoms with Gasteiger partial charge in [0.2, 0.25) is 5.89 Å². The van der Waals surface area contributed by atoms with Gasteiger partial charge >= 0.3 is 0 Å². The monoisotopic (exact) mass is 373 g/mol. The summed E-state index contributed by atoms with van der Waals surface area (Å²) in [4.78, 5) is 0. The zero-order chi connectivity index (χ0) is 18.5. The van der Waals surface area contributed by atoms with Gasteiger partial charge in [-0.25, -0.2) is 4.68 Å². The Morgan fingerprint density at radius 1 is 1.08 bits per heavy atom. The van der Waals surface area contributed by atoms with Gasteiger partial charge in [-0.05, 0) is 30.2 Å². The molecule has 0 aliphatic carbocycles. The van der Waals surface area contributed by atoms with Crippen LogP contribution in [0.5, 0.6) is 5.75 Å². The Morgan fingerprint density at radius 3 is 2.50 bits per heavy atom. The number of aromatic nitrogens is 5. The minimum atomic E-state index is 0.376. The van der Waals surface area contributed by atoms with Gasteiger partial charge in [0.1, 0.15) is 12.4 Å². The van der Waals surface area contributed by atoms with Crippen molar-refractivity contribution in [3.63, 3.8) is 0 Å². The highest BCUT2D eigenvalue weighted by Crippen LogP contribution is 2.26. The summed E-state index contributed by atoms with van der Waals surface area (Å²) in [5.41, 5.74) is 1.86. The van der Waals surface area contributed by atoms with Crippen LogP contribution >= 0.6 is 11.8 Å². The van der Waals surface area contributed by atoms with Gasteiger partial charge in [0.15, 0.2) is 0 Å². The van der Waals surface area contributed by atoms with Gasteiger partial charge in [0.25, 0.3) is 5.22 Å². The van der Waals surface area contributed by atoms with Gasteiger partial charge in [0.05, 0.1) is 12.2 Å². The van der Waals surface area contributed by atoms with Gasteiger partial charge < -0.3 is 9.15 Å². The van der Waals surface area contributed by atoms with Crippen LogP contribution in [0.3, 0.4) is 0 Å². The van der Waals surface area contributed by atoms with Crippen LogP contribution in [0.4, 0.5) is 0 Å². The van der Waals surface area contributed by atoms with Gasteiger partial charge in [-0.15, -0.1) is 15.3 Å². The zero-order valence-corrected chi connectivity index (χ0v) is 16.2. The van der Waals surface area contributed by atoms with Crippen molar-refractivity contribution in [3.05, 3.63) is 36.2 Å². The molecule has 26 heavy (non-hydrogen) atoms. The Kier molecular flexibility index (Phi) is 5.92. The van der Waals surface area contributed by atoms with E-state index in [-0.39, 0.29) is 0 Å². The van der Waals surface area contributed by atoms with Crippen LogP contribution in [0.2, 0.25) is 0 Å². The van der Waals surface area contributed by atoms with E-state index >= 15 is 0 Å². The van der Waals surface area contributed by atoms with E-state index in [1.165, 1.54) is 0 Å². The first-order chi connectivity index (χ1) is 12.5. The lowest BCUT2D eigenvalue weighted by atomic mass is 10.2. The molecule has 0 amide bonds. The van der Waals surface area contributed by atoms with E-state index in [0.717, 1.165) is 17.0 Å². The molecule has 0 unspecified atom stereocenters. The van der Waals surface area contributed by atoms with Crippen LogP contribution in [0, 0.1) is 0 Å². The third-order valence-electron chi connectivity index (χ3n) is 3.58. The first kappa shape index (κ1) is 18.4. The van der Waals surface area contributed by atoms with E-state index in [2.05, 4.69) is 48.2 Å². The summed E-state index contributed by atoms with van der Waals surface area (Å²) in [5, 5.41) is 17.4. The van der Waals surface area contributed by atoms with E-state index in [4.69, 9.17) is 9.15 Å². The second-order valence-corrected chi connectivity index (χ2v) is 8.00. The van der Waals surface area contributed by atoms with Crippen LogP contribution in [-0.2, 0) is 6.54 Å². The normalized spacial score (nSPS) is 11.5. The summed E-state index contributed by atoms with van der Waals surface area (Å²) in [6, 6.07) is 7.63. The molecule has 0 N–H and O–H groups in total. The van der Waals surface area contributed by atoms with Gasteiger partial charge in [-0.1, -0.05) is 44.7 Å². The van der Waals surface area contributed by atoms with Gasteiger partial charge in [-0.3, -0.25) is 0 Å². The molecule has 8 heteroatoms. The number of thioether (sulfide) groups is 1. The van der Waals surface area contributed by atoms with E-state index in [1.807, 2.05) is 30.5 Å². The smallest absolute Gasteiger partial charge is 0.277 e. The van der Waals surface area contributed by atoms with Crippen LogP contribution in [-0.4, -0.2) is 37.0 Å². The third-order valence-corrected chi connectivity index (χ3v) is 4.42. The largest absolute Gasteiger partial charge is 0.492 e. The Bertz CT molecular complexity index is 826. The lowest BCUT2D eigenvalue weighted by Gasteiger charge is -2.06. The van der Waals surface area contributed by atoms with Crippen molar-refractivity contribution >= 4 is 11.8 Å². The summed E-state index contributed by atoms with van der Waals surface area (Å²) >= 11 is 1.55. The molecule has 1 aromatic carbocycles. The van der Waals surface area contributed by atoms with Gasteiger partial charge in [0, 0.05) is 17.0 Å². The van der Waals surface area contributed by atoms with E-state index in [9.17, 15) is 0 Å². The molecule has 2 heterocycles. The fourth-order valence-electron chi connectivity index (χ4n) is 2.21. The minimum Gasteiger partial charge on any atom is -0.492 e. The Morgan fingerprint density at radius 2 is 1.85 bits per heavy atom. The fraction of sp³-hybridized carbons (Fsp3) is 0.444. The first-order valence-corrected chi connectivity index (χ1v) is 9.52. The highest BCUT2D eigenvalue weighted by atomic mass is 32.2. The molecular formula is C18H23N5O2S. The fourth-order valence-corrected chi connectivity index (χ4v) is 2.83. The summed E-state index contributed by atoms with van der Waals surface area (Å²) in [6.07, 6.45) is 1.96. The van der Waals surface area contributed by atoms with Crippen LogP contribution < -0.4 is 4.74 Å². The lowest BCUT2D eigenvalue weighted by Crippen LogP contribution is -2.08. The molecular weight excluding hydrogens is 350 g/mol.